The molecule has 3 aromatic heterocycles. The van der Waals surface area contributed by atoms with Crippen LogP contribution in [0, 0.1) is 0 Å². The smallest absolute Gasteiger partial charge is 0.165 e. The highest BCUT2D eigenvalue weighted by molar-refractivity contribution is 5.81. The Kier molecular flexibility index (Phi) is 3.28. The number of hydrogen-bond acceptors (Lipinski definition) is 6. The average Bonchev–Trinajstić information content (AvgIpc) is 3.06. The van der Waals surface area contributed by atoms with Gasteiger partial charge in [0.2, 0.25) is 0 Å². The summed E-state index contributed by atoms with van der Waals surface area (Å²) in [5.74, 6) is 0.389. The van der Waals surface area contributed by atoms with Gasteiger partial charge in [-0.1, -0.05) is 18.6 Å². The van der Waals surface area contributed by atoms with Gasteiger partial charge in [0.1, 0.15) is 17.5 Å². The number of nitrogens with zero attached hydrogens (tertiary/aromatic N) is 7. The maximum Gasteiger partial charge on any atom is 0.165 e. The number of fused-ring (bicyclic) bond motifs is 1. The number of nitrogens with two attached hydrogens (primary N) is 1. The van der Waals surface area contributed by atoms with Crippen LogP contribution in [0.4, 0.5) is 5.82 Å². The van der Waals surface area contributed by atoms with Crippen molar-refractivity contribution in [1.29, 1.82) is 0 Å². The Balaban J connectivity index is 1.82. The van der Waals surface area contributed by atoms with Crippen LogP contribution in [-0.2, 0) is 13.1 Å². The second-order valence-corrected chi connectivity index (χ2v) is 4.63. The van der Waals surface area contributed by atoms with Crippen molar-refractivity contribution >= 4 is 17.0 Å². The van der Waals surface area contributed by atoms with Gasteiger partial charge in [-0.3, -0.25) is 4.68 Å². The molecule has 0 spiro atoms. The molecular weight excluding hydrogens is 256 g/mol. The van der Waals surface area contributed by atoms with Crippen LogP contribution in [0.1, 0.15) is 25.5 Å². The number of imidazole rings is 1. The first-order valence-corrected chi connectivity index (χ1v) is 6.58. The number of anilines is 1. The maximum atomic E-state index is 5.76. The first kappa shape index (κ1) is 12.5. The third kappa shape index (κ3) is 2.31. The second kappa shape index (κ2) is 5.24. The Morgan fingerprint density at radius 1 is 1.25 bits per heavy atom. The van der Waals surface area contributed by atoms with Crippen LogP contribution >= 0.6 is 0 Å². The molecule has 0 aliphatic rings. The van der Waals surface area contributed by atoms with Gasteiger partial charge in [0.25, 0.3) is 0 Å². The molecule has 0 radical (unpaired) electrons. The van der Waals surface area contributed by atoms with E-state index in [1.54, 1.807) is 6.33 Å². The highest BCUT2D eigenvalue weighted by Gasteiger charge is 2.09. The summed E-state index contributed by atoms with van der Waals surface area (Å²) in [6, 6.07) is 0. The summed E-state index contributed by atoms with van der Waals surface area (Å²) in [5.41, 5.74) is 7.96. The Morgan fingerprint density at radius 3 is 3.00 bits per heavy atom. The third-order valence-electron chi connectivity index (χ3n) is 3.09. The zero-order valence-electron chi connectivity index (χ0n) is 11.3. The van der Waals surface area contributed by atoms with Crippen LogP contribution in [-0.4, -0.2) is 34.5 Å². The van der Waals surface area contributed by atoms with Gasteiger partial charge in [-0.25, -0.2) is 15.0 Å². The van der Waals surface area contributed by atoms with Gasteiger partial charge >= 0.3 is 0 Å². The van der Waals surface area contributed by atoms with E-state index in [0.29, 0.717) is 23.5 Å². The largest absolute Gasteiger partial charge is 0.382 e. The first-order chi connectivity index (χ1) is 9.78. The van der Waals surface area contributed by atoms with E-state index in [1.807, 2.05) is 15.4 Å². The van der Waals surface area contributed by atoms with Crippen molar-refractivity contribution in [2.24, 2.45) is 0 Å². The van der Waals surface area contributed by atoms with Crippen molar-refractivity contribution in [3.8, 4) is 0 Å². The van der Waals surface area contributed by atoms with Crippen LogP contribution in [0.25, 0.3) is 11.2 Å². The van der Waals surface area contributed by atoms with E-state index < -0.39 is 0 Å². The van der Waals surface area contributed by atoms with Gasteiger partial charge < -0.3 is 10.3 Å². The van der Waals surface area contributed by atoms with Gasteiger partial charge in [-0.15, -0.1) is 5.10 Å². The molecule has 0 saturated carbocycles. The molecule has 3 rings (SSSR count). The summed E-state index contributed by atoms with van der Waals surface area (Å²) in [7, 11) is 0. The van der Waals surface area contributed by atoms with E-state index in [-0.39, 0.29) is 0 Å². The highest BCUT2D eigenvalue weighted by Crippen LogP contribution is 2.15. The van der Waals surface area contributed by atoms with Crippen molar-refractivity contribution in [2.75, 3.05) is 5.73 Å². The molecule has 0 atom stereocenters. The molecule has 0 fully saturated rings. The Hall–Kier alpha value is -2.51. The molecule has 0 aliphatic carbocycles. The summed E-state index contributed by atoms with van der Waals surface area (Å²) in [6.45, 7) is 3.61. The first-order valence-electron chi connectivity index (χ1n) is 6.58. The fraction of sp³-hybridized carbons (Fsp3) is 0.417. The summed E-state index contributed by atoms with van der Waals surface area (Å²) in [4.78, 5) is 12.4. The van der Waals surface area contributed by atoms with Crippen LogP contribution in [0.3, 0.4) is 0 Å². The lowest BCUT2D eigenvalue weighted by Gasteiger charge is -2.00. The molecular formula is C12H16N8. The number of nitrogen functional groups attached to an aromatic ring is 1. The molecule has 8 nitrogen and oxygen atoms in total. The van der Waals surface area contributed by atoms with E-state index in [4.69, 9.17) is 5.73 Å². The molecule has 0 saturated heterocycles. The van der Waals surface area contributed by atoms with Crippen molar-refractivity contribution in [1.82, 2.24) is 34.5 Å². The molecule has 0 unspecified atom stereocenters. The summed E-state index contributed by atoms with van der Waals surface area (Å²) >= 11 is 0. The standard InChI is InChI=1S/C12H16N8/c1-2-3-4-20-6-9(17-18-20)5-19-8-16-10-11(13)14-7-15-12(10)19/h6-8H,2-5H2,1H3,(H2,13,14,15). The van der Waals surface area contributed by atoms with Gasteiger partial charge in [-0.05, 0) is 6.42 Å². The van der Waals surface area contributed by atoms with E-state index in [9.17, 15) is 0 Å². The lowest BCUT2D eigenvalue weighted by Crippen LogP contribution is -2.01. The molecule has 3 aromatic rings. The predicted molar refractivity (Wildman–Crippen MR) is 73.8 cm³/mol. The van der Waals surface area contributed by atoms with Gasteiger partial charge in [0.05, 0.1) is 19.1 Å². The normalized spacial score (nSPS) is 11.2. The zero-order valence-corrected chi connectivity index (χ0v) is 11.3. The minimum Gasteiger partial charge on any atom is -0.382 e. The Bertz CT molecular complexity index is 713. The summed E-state index contributed by atoms with van der Waals surface area (Å²) in [6.07, 6.45) is 7.32. The second-order valence-electron chi connectivity index (χ2n) is 4.63. The SMILES string of the molecule is CCCCn1cc(Cn2cnc3c(N)ncnc32)nn1. The topological polar surface area (TPSA) is 100 Å². The number of hydrogen-bond donors (Lipinski definition) is 1. The summed E-state index contributed by atoms with van der Waals surface area (Å²) in [5, 5.41) is 8.27. The molecule has 104 valence electrons. The molecule has 0 aromatic carbocycles. The molecule has 0 aliphatic heterocycles. The van der Waals surface area contributed by atoms with Crippen LogP contribution in [0.5, 0.6) is 0 Å². The van der Waals surface area contributed by atoms with Crippen molar-refractivity contribution in [3.05, 3.63) is 24.5 Å². The van der Waals surface area contributed by atoms with E-state index in [1.165, 1.54) is 6.33 Å². The zero-order chi connectivity index (χ0) is 13.9. The van der Waals surface area contributed by atoms with Crippen LogP contribution in [0.15, 0.2) is 18.9 Å². The van der Waals surface area contributed by atoms with Crippen LogP contribution < -0.4 is 5.73 Å². The lowest BCUT2D eigenvalue weighted by atomic mass is 10.3. The van der Waals surface area contributed by atoms with Crippen molar-refractivity contribution in [2.45, 2.75) is 32.9 Å². The molecule has 0 amide bonds. The molecule has 3 heterocycles. The number of aryl methyl sites for hydroxylation is 1. The number of rotatable bonds is 5. The average molecular weight is 272 g/mol. The molecule has 2 N–H and O–H groups in total. The molecule has 20 heavy (non-hydrogen) atoms. The monoisotopic (exact) mass is 272 g/mol. The molecule has 0 bridgehead atoms. The predicted octanol–water partition coefficient (Wildman–Crippen LogP) is 0.848. The lowest BCUT2D eigenvalue weighted by molar-refractivity contribution is 0.553. The quantitative estimate of drug-likeness (QED) is 0.739. The fourth-order valence-electron chi connectivity index (χ4n) is 2.03. The Labute approximate surface area is 115 Å². The highest BCUT2D eigenvalue weighted by atomic mass is 15.4. The minimum atomic E-state index is 0.389. The fourth-order valence-corrected chi connectivity index (χ4v) is 2.03. The molecule has 8 heteroatoms. The van der Waals surface area contributed by atoms with Crippen molar-refractivity contribution < 1.29 is 0 Å². The third-order valence-corrected chi connectivity index (χ3v) is 3.09. The van der Waals surface area contributed by atoms with Gasteiger partial charge in [0.15, 0.2) is 11.5 Å². The maximum absolute atomic E-state index is 5.76. The van der Waals surface area contributed by atoms with Crippen molar-refractivity contribution in [3.63, 3.8) is 0 Å². The summed E-state index contributed by atoms with van der Waals surface area (Å²) < 4.78 is 3.75. The number of aromatic nitrogens is 7. The van der Waals surface area contributed by atoms with Gasteiger partial charge in [-0.2, -0.15) is 0 Å². The van der Waals surface area contributed by atoms with E-state index in [2.05, 4.69) is 32.2 Å². The minimum absolute atomic E-state index is 0.389. The van der Waals surface area contributed by atoms with E-state index in [0.717, 1.165) is 25.1 Å². The van der Waals surface area contributed by atoms with E-state index >= 15 is 0 Å². The van der Waals surface area contributed by atoms with Crippen LogP contribution in [0.2, 0.25) is 0 Å². The Morgan fingerprint density at radius 2 is 2.15 bits per heavy atom. The number of unbranched alkanes of at least 4 members (excludes halogenated alkanes) is 1. The van der Waals surface area contributed by atoms with Gasteiger partial charge in [0, 0.05) is 6.54 Å².